The summed E-state index contributed by atoms with van der Waals surface area (Å²) in [6, 6.07) is 38.7. The van der Waals surface area contributed by atoms with E-state index in [4.69, 9.17) is 16.3 Å². The van der Waals surface area contributed by atoms with Crippen LogP contribution in [0.3, 0.4) is 0 Å². The Balaban J connectivity index is 1.70. The lowest BCUT2D eigenvalue weighted by Gasteiger charge is -2.16. The van der Waals surface area contributed by atoms with E-state index >= 15 is 0 Å². The standard InChI is InChI=1S/C34H26ClN3O2/c1-2-40-31-19-17-30(18-20-31)38-32(24-9-5-3-6-10-24)22-26(33(38)25-11-7-4-8-12-25)21-27(23-36)34(39)37-29-15-13-28(35)14-16-29/h3-22H,2H2,1H3,(H,37,39)/b27-21+. The van der Waals surface area contributed by atoms with Gasteiger partial charge in [0, 0.05) is 22.0 Å². The minimum absolute atomic E-state index is 0.0180. The van der Waals surface area contributed by atoms with E-state index < -0.39 is 5.91 Å². The number of amides is 1. The van der Waals surface area contributed by atoms with Crippen LogP contribution in [-0.4, -0.2) is 17.1 Å². The van der Waals surface area contributed by atoms with E-state index in [0.717, 1.165) is 39.5 Å². The van der Waals surface area contributed by atoms with Crippen molar-refractivity contribution in [2.24, 2.45) is 0 Å². The van der Waals surface area contributed by atoms with Gasteiger partial charge in [0.2, 0.25) is 0 Å². The number of aromatic nitrogens is 1. The quantitative estimate of drug-likeness (QED) is 0.158. The van der Waals surface area contributed by atoms with Gasteiger partial charge in [0.25, 0.3) is 5.91 Å². The van der Waals surface area contributed by atoms with Crippen LogP contribution in [0.2, 0.25) is 5.02 Å². The minimum Gasteiger partial charge on any atom is -0.494 e. The Morgan fingerprint density at radius 2 is 1.52 bits per heavy atom. The van der Waals surface area contributed by atoms with Gasteiger partial charge < -0.3 is 14.6 Å². The zero-order chi connectivity index (χ0) is 27.9. The zero-order valence-corrected chi connectivity index (χ0v) is 22.6. The molecule has 196 valence electrons. The van der Waals surface area contributed by atoms with E-state index in [1.165, 1.54) is 0 Å². The molecule has 0 aliphatic carbocycles. The molecule has 1 N–H and O–H groups in total. The number of benzene rings is 4. The summed E-state index contributed by atoms with van der Waals surface area (Å²) in [5, 5.41) is 13.4. The number of anilines is 1. The van der Waals surface area contributed by atoms with Gasteiger partial charge in [-0.1, -0.05) is 72.3 Å². The number of hydrogen-bond donors (Lipinski definition) is 1. The van der Waals surface area contributed by atoms with Gasteiger partial charge in [-0.15, -0.1) is 0 Å². The largest absolute Gasteiger partial charge is 0.494 e. The summed E-state index contributed by atoms with van der Waals surface area (Å²) in [4.78, 5) is 13.2. The van der Waals surface area contributed by atoms with Gasteiger partial charge in [-0.25, -0.2) is 0 Å². The van der Waals surface area contributed by atoms with E-state index in [-0.39, 0.29) is 5.57 Å². The second-order valence-corrected chi connectivity index (χ2v) is 9.40. The van der Waals surface area contributed by atoms with Crippen molar-refractivity contribution in [3.8, 4) is 40.0 Å². The number of nitriles is 1. The van der Waals surface area contributed by atoms with Gasteiger partial charge in [0.05, 0.1) is 18.0 Å². The van der Waals surface area contributed by atoms with Crippen molar-refractivity contribution in [2.45, 2.75) is 6.92 Å². The van der Waals surface area contributed by atoms with Crippen LogP contribution in [-0.2, 0) is 4.79 Å². The van der Waals surface area contributed by atoms with E-state index in [1.54, 1.807) is 30.3 Å². The highest BCUT2D eigenvalue weighted by molar-refractivity contribution is 6.30. The Bertz CT molecular complexity index is 1680. The summed E-state index contributed by atoms with van der Waals surface area (Å²) in [6.45, 7) is 2.53. The van der Waals surface area contributed by atoms with Crippen LogP contribution in [0.4, 0.5) is 5.69 Å². The molecule has 1 aromatic heterocycles. The molecule has 1 heterocycles. The van der Waals surface area contributed by atoms with Crippen molar-refractivity contribution in [3.63, 3.8) is 0 Å². The molecule has 0 aliphatic heterocycles. The van der Waals surface area contributed by atoms with Crippen LogP contribution in [0.5, 0.6) is 5.75 Å². The van der Waals surface area contributed by atoms with Crippen molar-refractivity contribution >= 4 is 29.3 Å². The fourth-order valence-corrected chi connectivity index (χ4v) is 4.64. The maximum atomic E-state index is 13.2. The summed E-state index contributed by atoms with van der Waals surface area (Å²) in [5.41, 5.74) is 5.91. The van der Waals surface area contributed by atoms with Gasteiger partial charge in [-0.2, -0.15) is 5.26 Å². The lowest BCUT2D eigenvalue weighted by molar-refractivity contribution is -0.112. The molecule has 5 nitrogen and oxygen atoms in total. The molecule has 0 aliphatic rings. The Hall–Kier alpha value is -5.05. The second kappa shape index (κ2) is 12.2. The van der Waals surface area contributed by atoms with Gasteiger partial charge in [0.1, 0.15) is 17.4 Å². The molecule has 0 fully saturated rings. The van der Waals surface area contributed by atoms with E-state index in [0.29, 0.717) is 17.3 Å². The number of carbonyl (C=O) groups excluding carboxylic acids is 1. The van der Waals surface area contributed by atoms with Crippen LogP contribution in [0.25, 0.3) is 34.3 Å². The first-order valence-corrected chi connectivity index (χ1v) is 13.2. The maximum absolute atomic E-state index is 13.2. The lowest BCUT2D eigenvalue weighted by atomic mass is 10.0. The third-order valence-electron chi connectivity index (χ3n) is 6.32. The topological polar surface area (TPSA) is 67.0 Å². The Labute approximate surface area is 238 Å². The molecule has 0 radical (unpaired) electrons. The maximum Gasteiger partial charge on any atom is 0.266 e. The van der Waals surface area contributed by atoms with Crippen molar-refractivity contribution in [1.82, 2.24) is 4.57 Å². The fourth-order valence-electron chi connectivity index (χ4n) is 4.51. The van der Waals surface area contributed by atoms with Gasteiger partial charge in [0.15, 0.2) is 0 Å². The molecule has 5 aromatic rings. The smallest absolute Gasteiger partial charge is 0.266 e. The van der Waals surface area contributed by atoms with Crippen molar-refractivity contribution in [2.75, 3.05) is 11.9 Å². The molecule has 40 heavy (non-hydrogen) atoms. The first-order valence-electron chi connectivity index (χ1n) is 12.9. The Morgan fingerprint density at radius 1 is 0.900 bits per heavy atom. The highest BCUT2D eigenvalue weighted by Gasteiger charge is 2.20. The summed E-state index contributed by atoms with van der Waals surface area (Å²) in [7, 11) is 0. The number of carbonyl (C=O) groups is 1. The van der Waals surface area contributed by atoms with Crippen molar-refractivity contribution in [3.05, 3.63) is 131 Å². The van der Waals surface area contributed by atoms with Crippen LogP contribution < -0.4 is 10.1 Å². The summed E-state index contributed by atoms with van der Waals surface area (Å²) < 4.78 is 7.83. The van der Waals surface area contributed by atoms with E-state index in [1.807, 2.05) is 97.9 Å². The van der Waals surface area contributed by atoms with Crippen LogP contribution >= 0.6 is 11.6 Å². The lowest BCUT2D eigenvalue weighted by Crippen LogP contribution is -2.13. The fraction of sp³-hybridized carbons (Fsp3) is 0.0588. The number of nitrogens with one attached hydrogen (secondary N) is 1. The molecular weight excluding hydrogens is 518 g/mol. The van der Waals surface area contributed by atoms with E-state index in [2.05, 4.69) is 16.0 Å². The van der Waals surface area contributed by atoms with Crippen molar-refractivity contribution < 1.29 is 9.53 Å². The monoisotopic (exact) mass is 543 g/mol. The summed E-state index contributed by atoms with van der Waals surface area (Å²) in [6.07, 6.45) is 1.64. The third-order valence-corrected chi connectivity index (χ3v) is 6.57. The highest BCUT2D eigenvalue weighted by Crippen LogP contribution is 2.37. The van der Waals surface area contributed by atoms with Crippen LogP contribution in [0.15, 0.2) is 121 Å². The van der Waals surface area contributed by atoms with Gasteiger partial charge in [-0.3, -0.25) is 4.79 Å². The molecule has 0 bridgehead atoms. The number of hydrogen-bond acceptors (Lipinski definition) is 3. The number of ether oxygens (including phenoxy) is 1. The Kier molecular flexibility index (Phi) is 8.10. The molecule has 6 heteroatoms. The SMILES string of the molecule is CCOc1ccc(-n2c(-c3ccccc3)cc(/C=C(\C#N)C(=O)Nc3ccc(Cl)cc3)c2-c2ccccc2)cc1. The molecular formula is C34H26ClN3O2. The molecule has 0 saturated heterocycles. The summed E-state index contributed by atoms with van der Waals surface area (Å²) in [5.74, 6) is 0.283. The summed E-state index contributed by atoms with van der Waals surface area (Å²) >= 11 is 5.98. The minimum atomic E-state index is -0.501. The first-order chi connectivity index (χ1) is 19.6. The average molecular weight is 544 g/mol. The number of nitrogens with zero attached hydrogens (tertiary/aromatic N) is 2. The second-order valence-electron chi connectivity index (χ2n) is 8.96. The first kappa shape index (κ1) is 26.6. The average Bonchev–Trinajstić information content (AvgIpc) is 3.37. The number of halogens is 1. The molecule has 5 rings (SSSR count). The molecule has 0 atom stereocenters. The third kappa shape index (κ3) is 5.83. The zero-order valence-electron chi connectivity index (χ0n) is 21.8. The molecule has 0 unspecified atom stereocenters. The molecule has 0 saturated carbocycles. The Morgan fingerprint density at radius 3 is 2.12 bits per heavy atom. The van der Waals surface area contributed by atoms with Gasteiger partial charge in [-0.05, 0) is 78.7 Å². The van der Waals surface area contributed by atoms with E-state index in [9.17, 15) is 10.1 Å². The molecule has 0 spiro atoms. The predicted octanol–water partition coefficient (Wildman–Crippen LogP) is 8.41. The molecule has 1 amide bonds. The highest BCUT2D eigenvalue weighted by atomic mass is 35.5. The number of rotatable bonds is 8. The predicted molar refractivity (Wildman–Crippen MR) is 161 cm³/mol. The molecule has 4 aromatic carbocycles. The van der Waals surface area contributed by atoms with Gasteiger partial charge >= 0.3 is 0 Å². The van der Waals surface area contributed by atoms with Crippen LogP contribution in [0, 0.1) is 11.3 Å². The van der Waals surface area contributed by atoms with Crippen molar-refractivity contribution in [1.29, 1.82) is 5.26 Å². The normalized spacial score (nSPS) is 11.1. The van der Waals surface area contributed by atoms with Crippen LogP contribution in [0.1, 0.15) is 12.5 Å².